The second-order valence-electron chi connectivity index (χ2n) is 3.71. The fourth-order valence-electron chi connectivity index (χ4n) is 1.65. The van der Waals surface area contributed by atoms with Crippen molar-refractivity contribution in [1.29, 1.82) is 0 Å². The van der Waals surface area contributed by atoms with Gasteiger partial charge < -0.3 is 10.2 Å². The molecule has 0 saturated heterocycles. The van der Waals surface area contributed by atoms with Crippen molar-refractivity contribution in [2.24, 2.45) is 5.73 Å². The van der Waals surface area contributed by atoms with E-state index in [0.717, 1.165) is 23.5 Å². The molecule has 2 N–H and O–H groups in total. The van der Waals surface area contributed by atoms with Crippen molar-refractivity contribution in [2.75, 3.05) is 0 Å². The molecule has 1 heterocycles. The van der Waals surface area contributed by atoms with Gasteiger partial charge in [-0.1, -0.05) is 24.3 Å². The molecule has 1 aromatic heterocycles. The third-order valence-electron chi connectivity index (χ3n) is 2.40. The summed E-state index contributed by atoms with van der Waals surface area (Å²) in [5, 5.41) is 0. The minimum Gasteiger partial charge on any atom is -0.466 e. The molecule has 0 aliphatic carbocycles. The molecule has 2 aromatic rings. The summed E-state index contributed by atoms with van der Waals surface area (Å²) in [6.45, 7) is 2.55. The monoisotopic (exact) mass is 201 g/mol. The standard InChI is InChI=1S/C13H15NO/c1-10-5-6-13(15-10)8-11-3-2-4-12(7-11)9-14/h2-7H,8-9,14H2,1H3. The summed E-state index contributed by atoms with van der Waals surface area (Å²) in [6, 6.07) is 12.3. The van der Waals surface area contributed by atoms with E-state index in [0.29, 0.717) is 6.54 Å². The molecule has 0 saturated carbocycles. The zero-order chi connectivity index (χ0) is 10.7. The Hall–Kier alpha value is -1.54. The topological polar surface area (TPSA) is 39.2 Å². The molecule has 2 nitrogen and oxygen atoms in total. The average molecular weight is 201 g/mol. The summed E-state index contributed by atoms with van der Waals surface area (Å²) in [6.07, 6.45) is 0.835. The molecular formula is C13H15NO. The van der Waals surface area contributed by atoms with E-state index >= 15 is 0 Å². The van der Waals surface area contributed by atoms with Crippen molar-refractivity contribution in [2.45, 2.75) is 19.9 Å². The van der Waals surface area contributed by atoms with Crippen LogP contribution >= 0.6 is 0 Å². The molecule has 0 amide bonds. The van der Waals surface area contributed by atoms with Gasteiger partial charge in [0.15, 0.2) is 0 Å². The Balaban J connectivity index is 2.16. The van der Waals surface area contributed by atoms with Gasteiger partial charge in [0.1, 0.15) is 11.5 Å². The van der Waals surface area contributed by atoms with Crippen LogP contribution in [0.2, 0.25) is 0 Å². The van der Waals surface area contributed by atoms with Crippen LogP contribution in [0, 0.1) is 6.92 Å². The van der Waals surface area contributed by atoms with Gasteiger partial charge in [0.25, 0.3) is 0 Å². The van der Waals surface area contributed by atoms with Crippen molar-refractivity contribution in [3.05, 3.63) is 59.0 Å². The van der Waals surface area contributed by atoms with E-state index in [-0.39, 0.29) is 0 Å². The molecule has 0 aliphatic heterocycles. The zero-order valence-electron chi connectivity index (χ0n) is 8.86. The first-order chi connectivity index (χ1) is 7.28. The Morgan fingerprint density at radius 2 is 1.93 bits per heavy atom. The highest BCUT2D eigenvalue weighted by atomic mass is 16.3. The number of nitrogens with two attached hydrogens (primary N) is 1. The summed E-state index contributed by atoms with van der Waals surface area (Å²) in [4.78, 5) is 0. The van der Waals surface area contributed by atoms with E-state index < -0.39 is 0 Å². The normalized spacial score (nSPS) is 10.5. The Morgan fingerprint density at radius 1 is 1.13 bits per heavy atom. The molecule has 78 valence electrons. The summed E-state index contributed by atoms with van der Waals surface area (Å²) in [5.74, 6) is 1.96. The van der Waals surface area contributed by atoms with Gasteiger partial charge in [-0.2, -0.15) is 0 Å². The summed E-state index contributed by atoms with van der Waals surface area (Å²) < 4.78 is 5.53. The van der Waals surface area contributed by atoms with Crippen LogP contribution in [0.1, 0.15) is 22.6 Å². The van der Waals surface area contributed by atoms with Crippen molar-refractivity contribution >= 4 is 0 Å². The summed E-state index contributed by atoms with van der Waals surface area (Å²) in [7, 11) is 0. The van der Waals surface area contributed by atoms with Crippen molar-refractivity contribution in [3.63, 3.8) is 0 Å². The fraction of sp³-hybridized carbons (Fsp3) is 0.231. The van der Waals surface area contributed by atoms with Gasteiger partial charge in [-0.05, 0) is 30.2 Å². The highest BCUT2D eigenvalue weighted by Gasteiger charge is 2.01. The number of rotatable bonds is 3. The van der Waals surface area contributed by atoms with Gasteiger partial charge in [0.05, 0.1) is 0 Å². The molecule has 2 heteroatoms. The smallest absolute Gasteiger partial charge is 0.108 e. The van der Waals surface area contributed by atoms with Crippen LogP contribution in [0.25, 0.3) is 0 Å². The summed E-state index contributed by atoms with van der Waals surface area (Å²) in [5.41, 5.74) is 8.00. The lowest BCUT2D eigenvalue weighted by Crippen LogP contribution is -1.97. The van der Waals surface area contributed by atoms with E-state index in [1.165, 1.54) is 5.56 Å². The predicted octanol–water partition coefficient (Wildman–Crippen LogP) is 2.64. The Kier molecular flexibility index (Phi) is 2.88. The Morgan fingerprint density at radius 3 is 2.60 bits per heavy atom. The molecule has 0 unspecified atom stereocenters. The third-order valence-corrected chi connectivity index (χ3v) is 2.40. The van der Waals surface area contributed by atoms with E-state index in [9.17, 15) is 0 Å². The largest absolute Gasteiger partial charge is 0.466 e. The van der Waals surface area contributed by atoms with Gasteiger partial charge >= 0.3 is 0 Å². The first-order valence-electron chi connectivity index (χ1n) is 5.11. The Labute approximate surface area is 89.7 Å². The molecule has 0 fully saturated rings. The minimum atomic E-state index is 0.588. The third kappa shape index (κ3) is 2.48. The van der Waals surface area contributed by atoms with E-state index in [1.807, 2.05) is 31.2 Å². The highest BCUT2D eigenvalue weighted by Crippen LogP contribution is 2.13. The lowest BCUT2D eigenvalue weighted by Gasteiger charge is -2.01. The first-order valence-corrected chi connectivity index (χ1v) is 5.11. The number of aryl methyl sites for hydroxylation is 1. The van der Waals surface area contributed by atoms with Crippen molar-refractivity contribution in [3.8, 4) is 0 Å². The van der Waals surface area contributed by atoms with Crippen LogP contribution in [0.4, 0.5) is 0 Å². The molecule has 0 atom stereocenters. The van der Waals surface area contributed by atoms with E-state index in [1.54, 1.807) is 0 Å². The molecule has 2 rings (SSSR count). The minimum absolute atomic E-state index is 0.588. The lowest BCUT2D eigenvalue weighted by molar-refractivity contribution is 0.493. The number of benzene rings is 1. The van der Waals surface area contributed by atoms with Crippen LogP contribution < -0.4 is 5.73 Å². The average Bonchev–Trinajstić information content (AvgIpc) is 2.64. The first kappa shape index (κ1) is 9.99. The highest BCUT2D eigenvalue weighted by molar-refractivity contribution is 5.26. The fourth-order valence-corrected chi connectivity index (χ4v) is 1.65. The van der Waals surface area contributed by atoms with Crippen LogP contribution in [-0.2, 0) is 13.0 Å². The van der Waals surface area contributed by atoms with Crippen LogP contribution in [0.15, 0.2) is 40.8 Å². The Bertz CT molecular complexity index is 445. The zero-order valence-corrected chi connectivity index (χ0v) is 8.86. The number of furan rings is 1. The molecule has 0 radical (unpaired) electrons. The van der Waals surface area contributed by atoms with Crippen LogP contribution in [-0.4, -0.2) is 0 Å². The molecule has 0 bridgehead atoms. The maximum Gasteiger partial charge on any atom is 0.108 e. The van der Waals surface area contributed by atoms with Gasteiger partial charge in [-0.15, -0.1) is 0 Å². The van der Waals surface area contributed by atoms with Crippen molar-refractivity contribution < 1.29 is 4.42 Å². The van der Waals surface area contributed by atoms with E-state index in [4.69, 9.17) is 10.2 Å². The predicted molar refractivity (Wildman–Crippen MR) is 60.6 cm³/mol. The van der Waals surface area contributed by atoms with Gasteiger partial charge in [0.2, 0.25) is 0 Å². The quantitative estimate of drug-likeness (QED) is 0.829. The lowest BCUT2D eigenvalue weighted by atomic mass is 10.1. The number of hydrogen-bond acceptors (Lipinski definition) is 2. The van der Waals surface area contributed by atoms with Crippen molar-refractivity contribution in [1.82, 2.24) is 0 Å². The van der Waals surface area contributed by atoms with Crippen LogP contribution in [0.3, 0.4) is 0 Å². The molecular weight excluding hydrogens is 186 g/mol. The second kappa shape index (κ2) is 4.32. The van der Waals surface area contributed by atoms with Crippen LogP contribution in [0.5, 0.6) is 0 Å². The van der Waals surface area contributed by atoms with E-state index in [2.05, 4.69) is 12.1 Å². The molecule has 15 heavy (non-hydrogen) atoms. The maximum atomic E-state index is 5.59. The molecule has 0 spiro atoms. The van der Waals surface area contributed by atoms with Gasteiger partial charge in [-0.25, -0.2) is 0 Å². The van der Waals surface area contributed by atoms with Gasteiger partial charge in [0, 0.05) is 13.0 Å². The van der Waals surface area contributed by atoms with Gasteiger partial charge in [-0.3, -0.25) is 0 Å². The maximum absolute atomic E-state index is 5.59. The second-order valence-corrected chi connectivity index (χ2v) is 3.71. The molecule has 1 aromatic carbocycles. The summed E-state index contributed by atoms with van der Waals surface area (Å²) >= 11 is 0. The molecule has 0 aliphatic rings. The number of hydrogen-bond donors (Lipinski definition) is 1. The SMILES string of the molecule is Cc1ccc(Cc2cccc(CN)c2)o1.